The predicted octanol–water partition coefficient (Wildman–Crippen LogP) is 3.31. The molecule has 1 heterocycles. The van der Waals surface area contributed by atoms with Crippen molar-refractivity contribution in [3.63, 3.8) is 0 Å². The molecule has 1 atom stereocenters. The van der Waals surface area contributed by atoms with Gasteiger partial charge in [0.15, 0.2) is 0 Å². The smallest absolute Gasteiger partial charge is 0.257 e. The number of alkyl halides is 1. The van der Waals surface area contributed by atoms with Gasteiger partial charge in [-0.05, 0) is 43.9 Å². The zero-order valence-corrected chi connectivity index (χ0v) is 12.2. The number of benzene rings is 1. The van der Waals surface area contributed by atoms with Crippen molar-refractivity contribution in [1.82, 2.24) is 4.90 Å². The minimum Gasteiger partial charge on any atom is -0.507 e. The first-order valence-electron chi connectivity index (χ1n) is 6.49. The van der Waals surface area contributed by atoms with Gasteiger partial charge in [-0.3, -0.25) is 4.79 Å². The Morgan fingerprint density at radius 3 is 3.05 bits per heavy atom. The third-order valence-electron chi connectivity index (χ3n) is 3.50. The molecule has 1 aliphatic rings. The van der Waals surface area contributed by atoms with Crippen molar-refractivity contribution in [3.8, 4) is 5.75 Å². The van der Waals surface area contributed by atoms with Gasteiger partial charge in [-0.1, -0.05) is 15.9 Å². The van der Waals surface area contributed by atoms with Crippen LogP contribution in [0.2, 0.25) is 0 Å². The normalized spacial score (nSPS) is 18.8. The molecule has 1 fully saturated rings. The van der Waals surface area contributed by atoms with Crippen LogP contribution < -0.4 is 0 Å². The lowest BCUT2D eigenvalue weighted by Gasteiger charge is -2.25. The van der Waals surface area contributed by atoms with E-state index in [2.05, 4.69) is 15.9 Å². The third kappa shape index (κ3) is 3.26. The van der Waals surface area contributed by atoms with Crippen molar-refractivity contribution in [3.05, 3.63) is 29.6 Å². The lowest BCUT2D eigenvalue weighted by Crippen LogP contribution is -2.35. The van der Waals surface area contributed by atoms with E-state index in [4.69, 9.17) is 0 Å². The van der Waals surface area contributed by atoms with Crippen LogP contribution in [0.4, 0.5) is 4.39 Å². The molecule has 0 spiro atoms. The van der Waals surface area contributed by atoms with E-state index in [9.17, 15) is 14.3 Å². The summed E-state index contributed by atoms with van der Waals surface area (Å²) in [5.74, 6) is -0.927. The lowest BCUT2D eigenvalue weighted by molar-refractivity contribution is 0.0726. The third-order valence-corrected chi connectivity index (χ3v) is 4.06. The van der Waals surface area contributed by atoms with Crippen LogP contribution in [0.15, 0.2) is 18.2 Å². The summed E-state index contributed by atoms with van der Waals surface area (Å²) in [5.41, 5.74) is 0.0609. The Bertz CT molecular complexity index is 467. The Balaban J connectivity index is 2.16. The van der Waals surface area contributed by atoms with E-state index in [1.807, 2.05) is 0 Å². The zero-order chi connectivity index (χ0) is 13.8. The average Bonchev–Trinajstić information content (AvgIpc) is 2.86. The molecule has 104 valence electrons. The van der Waals surface area contributed by atoms with Gasteiger partial charge in [0.1, 0.15) is 11.6 Å². The van der Waals surface area contributed by atoms with E-state index in [0.29, 0.717) is 6.54 Å². The average molecular weight is 330 g/mol. The molecule has 1 aliphatic heterocycles. The van der Waals surface area contributed by atoms with E-state index >= 15 is 0 Å². The number of carbonyl (C=O) groups excluding carboxylic acids is 1. The van der Waals surface area contributed by atoms with Crippen LogP contribution >= 0.6 is 15.9 Å². The maximum Gasteiger partial charge on any atom is 0.257 e. The van der Waals surface area contributed by atoms with Gasteiger partial charge in [0.25, 0.3) is 5.91 Å². The van der Waals surface area contributed by atoms with Crippen molar-refractivity contribution < 1.29 is 14.3 Å². The Labute approximate surface area is 120 Å². The van der Waals surface area contributed by atoms with Gasteiger partial charge in [-0.25, -0.2) is 4.39 Å². The predicted molar refractivity (Wildman–Crippen MR) is 75.2 cm³/mol. The number of phenolic OH excluding ortho intramolecular Hbond substituents is 1. The van der Waals surface area contributed by atoms with Gasteiger partial charge in [0, 0.05) is 17.9 Å². The molecule has 1 amide bonds. The zero-order valence-electron chi connectivity index (χ0n) is 10.6. The maximum atomic E-state index is 13.2. The van der Waals surface area contributed by atoms with E-state index in [1.165, 1.54) is 6.07 Å². The summed E-state index contributed by atoms with van der Waals surface area (Å²) >= 11 is 3.39. The number of hydrogen-bond acceptors (Lipinski definition) is 2. The number of carbonyl (C=O) groups is 1. The molecule has 1 N–H and O–H groups in total. The quantitative estimate of drug-likeness (QED) is 0.861. The summed E-state index contributed by atoms with van der Waals surface area (Å²) in [5, 5.41) is 10.6. The molecule has 1 unspecified atom stereocenters. The Kier molecular flexibility index (Phi) is 4.80. The molecule has 1 aromatic carbocycles. The highest BCUT2D eigenvalue weighted by atomic mass is 79.9. The first kappa shape index (κ1) is 14.3. The molecule has 19 heavy (non-hydrogen) atoms. The fraction of sp³-hybridized carbons (Fsp3) is 0.500. The van der Waals surface area contributed by atoms with Gasteiger partial charge in [0.05, 0.1) is 5.56 Å². The fourth-order valence-corrected chi connectivity index (χ4v) is 2.87. The van der Waals surface area contributed by atoms with Crippen molar-refractivity contribution in [2.45, 2.75) is 31.7 Å². The molecule has 0 bridgehead atoms. The Hall–Kier alpha value is -1.10. The minimum atomic E-state index is -0.502. The van der Waals surface area contributed by atoms with Crippen LogP contribution in [-0.2, 0) is 0 Å². The fourth-order valence-electron chi connectivity index (χ4n) is 2.55. The van der Waals surface area contributed by atoms with Crippen LogP contribution in [0.25, 0.3) is 0 Å². The molecule has 3 nitrogen and oxygen atoms in total. The second-order valence-electron chi connectivity index (χ2n) is 4.79. The standard InChI is InChI=1S/C14H17BrFNO2/c15-7-1-3-11-4-2-8-17(11)14(19)12-9-10(16)5-6-13(12)18/h5-6,9,11,18H,1-4,7-8H2. The van der Waals surface area contributed by atoms with Gasteiger partial charge in [-0.15, -0.1) is 0 Å². The van der Waals surface area contributed by atoms with E-state index in [0.717, 1.165) is 43.1 Å². The number of hydrogen-bond donors (Lipinski definition) is 1. The van der Waals surface area contributed by atoms with Crippen molar-refractivity contribution in [2.24, 2.45) is 0 Å². The Morgan fingerprint density at radius 2 is 2.32 bits per heavy atom. The van der Waals surface area contributed by atoms with Crippen molar-refractivity contribution in [2.75, 3.05) is 11.9 Å². The largest absolute Gasteiger partial charge is 0.507 e. The first-order valence-corrected chi connectivity index (χ1v) is 7.61. The van der Waals surface area contributed by atoms with E-state index in [-0.39, 0.29) is 23.3 Å². The van der Waals surface area contributed by atoms with Crippen molar-refractivity contribution >= 4 is 21.8 Å². The SMILES string of the molecule is O=C(c1cc(F)ccc1O)N1CCCC1CCCBr. The van der Waals surface area contributed by atoms with E-state index in [1.54, 1.807) is 4.90 Å². The highest BCUT2D eigenvalue weighted by Gasteiger charge is 2.30. The van der Waals surface area contributed by atoms with Crippen LogP contribution in [-0.4, -0.2) is 33.8 Å². The number of aromatic hydroxyl groups is 1. The second-order valence-corrected chi connectivity index (χ2v) is 5.58. The number of likely N-dealkylation sites (tertiary alicyclic amines) is 1. The van der Waals surface area contributed by atoms with Gasteiger partial charge in [-0.2, -0.15) is 0 Å². The van der Waals surface area contributed by atoms with Crippen LogP contribution in [0.5, 0.6) is 5.75 Å². The summed E-state index contributed by atoms with van der Waals surface area (Å²) in [6.07, 6.45) is 3.89. The number of nitrogens with zero attached hydrogens (tertiary/aromatic N) is 1. The number of phenols is 1. The van der Waals surface area contributed by atoms with Crippen LogP contribution in [0, 0.1) is 5.82 Å². The van der Waals surface area contributed by atoms with E-state index < -0.39 is 5.82 Å². The number of amides is 1. The highest BCUT2D eigenvalue weighted by Crippen LogP contribution is 2.27. The minimum absolute atomic E-state index is 0.0609. The molecule has 5 heteroatoms. The molecule has 0 aromatic heterocycles. The molecular formula is C14H17BrFNO2. The van der Waals surface area contributed by atoms with Crippen LogP contribution in [0.1, 0.15) is 36.0 Å². The number of rotatable bonds is 4. The monoisotopic (exact) mass is 329 g/mol. The second kappa shape index (κ2) is 6.37. The summed E-state index contributed by atoms with van der Waals surface area (Å²) in [7, 11) is 0. The summed E-state index contributed by atoms with van der Waals surface area (Å²) in [6, 6.07) is 3.69. The Morgan fingerprint density at radius 1 is 1.53 bits per heavy atom. The molecule has 0 radical (unpaired) electrons. The molecule has 0 saturated carbocycles. The van der Waals surface area contributed by atoms with Gasteiger partial charge < -0.3 is 10.0 Å². The lowest BCUT2D eigenvalue weighted by atomic mass is 10.1. The molecule has 1 aromatic rings. The summed E-state index contributed by atoms with van der Waals surface area (Å²) < 4.78 is 13.2. The van der Waals surface area contributed by atoms with Crippen molar-refractivity contribution in [1.29, 1.82) is 0 Å². The summed E-state index contributed by atoms with van der Waals surface area (Å²) in [6.45, 7) is 0.682. The van der Waals surface area contributed by atoms with Crippen LogP contribution in [0.3, 0.4) is 0 Å². The maximum absolute atomic E-state index is 13.2. The molecule has 0 aliphatic carbocycles. The highest BCUT2D eigenvalue weighted by molar-refractivity contribution is 9.09. The topological polar surface area (TPSA) is 40.5 Å². The first-order chi connectivity index (χ1) is 9.13. The molecule has 1 saturated heterocycles. The molecular weight excluding hydrogens is 313 g/mol. The number of halogens is 2. The van der Waals surface area contributed by atoms with Gasteiger partial charge >= 0.3 is 0 Å². The van der Waals surface area contributed by atoms with Gasteiger partial charge in [0.2, 0.25) is 0 Å². The summed E-state index contributed by atoms with van der Waals surface area (Å²) in [4.78, 5) is 14.1. The molecule has 2 rings (SSSR count).